The van der Waals surface area contributed by atoms with Gasteiger partial charge in [-0.05, 0) is 50.7 Å². The molecule has 1 aliphatic rings. The number of hydrogen-bond donors (Lipinski definition) is 0. The van der Waals surface area contributed by atoms with Crippen LogP contribution in [0.15, 0.2) is 29.2 Å². The predicted molar refractivity (Wildman–Crippen MR) is 95.6 cm³/mol. The van der Waals surface area contributed by atoms with Crippen molar-refractivity contribution in [2.45, 2.75) is 44.4 Å². The molecule has 6 heteroatoms. The van der Waals surface area contributed by atoms with Crippen LogP contribution in [0.4, 0.5) is 0 Å². The van der Waals surface area contributed by atoms with E-state index in [1.807, 2.05) is 19.1 Å². The summed E-state index contributed by atoms with van der Waals surface area (Å²) in [4.78, 5) is 11.7. The maximum absolute atomic E-state index is 12.7. The molecule has 0 N–H and O–H groups in total. The lowest BCUT2D eigenvalue weighted by Gasteiger charge is -2.30. The van der Waals surface area contributed by atoms with Gasteiger partial charge in [-0.15, -0.1) is 0 Å². The first kappa shape index (κ1) is 19.9. The van der Waals surface area contributed by atoms with E-state index in [2.05, 4.69) is 0 Å². The van der Waals surface area contributed by atoms with Gasteiger partial charge in [0.1, 0.15) is 6.61 Å². The van der Waals surface area contributed by atoms with Crippen LogP contribution >= 0.6 is 0 Å². The molecule has 25 heavy (non-hydrogen) atoms. The first-order valence-electron chi connectivity index (χ1n) is 8.82. The second-order valence-electron chi connectivity index (χ2n) is 6.52. The van der Waals surface area contributed by atoms with Crippen LogP contribution in [-0.4, -0.2) is 34.2 Å². The number of esters is 1. The summed E-state index contributed by atoms with van der Waals surface area (Å²) >= 11 is 0. The summed E-state index contributed by atoms with van der Waals surface area (Å²) < 4.78 is 35.6. The Balaban J connectivity index is 1.95. The Morgan fingerprint density at radius 3 is 2.56 bits per heavy atom. The number of benzene rings is 1. The van der Waals surface area contributed by atoms with Gasteiger partial charge in [0, 0.05) is 0 Å². The minimum absolute atomic E-state index is 0.0535. The van der Waals surface area contributed by atoms with Gasteiger partial charge in [0.15, 0.2) is 9.84 Å². The molecule has 0 aliphatic heterocycles. The molecule has 1 aliphatic carbocycles. The Labute approximate surface area is 150 Å². The van der Waals surface area contributed by atoms with E-state index in [-0.39, 0.29) is 24.4 Å². The molecule has 1 aromatic rings. The van der Waals surface area contributed by atoms with E-state index < -0.39 is 9.84 Å². The van der Waals surface area contributed by atoms with E-state index in [9.17, 15) is 13.2 Å². The second kappa shape index (κ2) is 9.34. The van der Waals surface area contributed by atoms with Gasteiger partial charge in [0.2, 0.25) is 0 Å². The van der Waals surface area contributed by atoms with Gasteiger partial charge in [0.05, 0.1) is 23.9 Å². The molecule has 2 unspecified atom stereocenters. The molecule has 2 rings (SSSR count). The number of ether oxygens (including phenoxy) is 2. The monoisotopic (exact) mass is 367 g/mol. The van der Waals surface area contributed by atoms with E-state index in [1.165, 1.54) is 5.75 Å². The Morgan fingerprint density at radius 2 is 1.88 bits per heavy atom. The normalized spacial score (nSPS) is 21.0. The molecular formula is C19H27O5S. The second-order valence-corrected chi connectivity index (χ2v) is 8.36. The van der Waals surface area contributed by atoms with Gasteiger partial charge in [-0.25, -0.2) is 13.2 Å². The van der Waals surface area contributed by atoms with Crippen molar-refractivity contribution in [2.75, 3.05) is 19.8 Å². The minimum Gasteiger partial charge on any atom is -0.464 e. The fourth-order valence-electron chi connectivity index (χ4n) is 3.16. The summed E-state index contributed by atoms with van der Waals surface area (Å²) in [7, 11) is -3.43. The van der Waals surface area contributed by atoms with Crippen molar-refractivity contribution < 1.29 is 22.7 Å². The summed E-state index contributed by atoms with van der Waals surface area (Å²) in [5.74, 6) is 1.16. The van der Waals surface area contributed by atoms with Gasteiger partial charge in [-0.3, -0.25) is 0 Å². The van der Waals surface area contributed by atoms with Crippen LogP contribution in [0.2, 0.25) is 0 Å². The highest BCUT2D eigenvalue weighted by molar-refractivity contribution is 7.93. The summed E-state index contributed by atoms with van der Waals surface area (Å²) in [5.41, 5.74) is 1.03. The fourth-order valence-corrected chi connectivity index (χ4v) is 4.65. The summed E-state index contributed by atoms with van der Waals surface area (Å²) in [5, 5.41) is 0. The molecule has 0 aromatic heterocycles. The maximum Gasteiger partial charge on any atom is 0.332 e. The van der Waals surface area contributed by atoms with Crippen LogP contribution in [-0.2, 0) is 24.1 Å². The lowest BCUT2D eigenvalue weighted by atomic mass is 9.81. The Morgan fingerprint density at radius 1 is 1.20 bits per heavy atom. The Hall–Kier alpha value is -1.40. The van der Waals surface area contributed by atoms with Crippen molar-refractivity contribution in [3.63, 3.8) is 0 Å². The highest BCUT2D eigenvalue weighted by atomic mass is 32.2. The molecule has 1 fully saturated rings. The van der Waals surface area contributed by atoms with Crippen LogP contribution in [0.5, 0.6) is 0 Å². The van der Waals surface area contributed by atoms with Crippen LogP contribution in [0.3, 0.4) is 0 Å². The average Bonchev–Trinajstić information content (AvgIpc) is 2.57. The van der Waals surface area contributed by atoms with Crippen molar-refractivity contribution in [3.8, 4) is 0 Å². The molecule has 0 bridgehead atoms. The standard InChI is InChI=1S/C19H27O5S/c1-3-24-19(20)13-23-12-16-6-4-5-7-17(16)14-25(21,22)18-10-8-15(2)9-11-18/h8-11,14,16-17H,3-7,12-13H2,1-2H3. The quantitative estimate of drug-likeness (QED) is 0.659. The molecule has 0 spiro atoms. The topological polar surface area (TPSA) is 69.7 Å². The molecule has 0 amide bonds. The van der Waals surface area contributed by atoms with Crippen molar-refractivity contribution in [2.24, 2.45) is 11.8 Å². The number of aryl methyl sites for hydroxylation is 1. The Kier molecular flexibility index (Phi) is 7.44. The third-order valence-electron chi connectivity index (χ3n) is 4.53. The van der Waals surface area contributed by atoms with Crippen LogP contribution in [0.1, 0.15) is 38.2 Å². The van der Waals surface area contributed by atoms with Gasteiger partial charge in [0.25, 0.3) is 0 Å². The zero-order chi connectivity index (χ0) is 18.3. The lowest BCUT2D eigenvalue weighted by molar-refractivity contribution is -0.149. The zero-order valence-corrected chi connectivity index (χ0v) is 15.8. The lowest BCUT2D eigenvalue weighted by Crippen LogP contribution is -2.28. The van der Waals surface area contributed by atoms with Crippen LogP contribution in [0.25, 0.3) is 0 Å². The smallest absolute Gasteiger partial charge is 0.332 e. The molecular weight excluding hydrogens is 340 g/mol. The number of carbonyl (C=O) groups excluding carboxylic acids is 1. The maximum atomic E-state index is 12.7. The molecule has 1 radical (unpaired) electrons. The molecule has 5 nitrogen and oxygen atoms in total. The van der Waals surface area contributed by atoms with Gasteiger partial charge >= 0.3 is 5.97 Å². The van der Waals surface area contributed by atoms with Crippen molar-refractivity contribution >= 4 is 15.8 Å². The molecule has 0 saturated heterocycles. The van der Waals surface area contributed by atoms with Crippen LogP contribution < -0.4 is 0 Å². The zero-order valence-electron chi connectivity index (χ0n) is 14.9. The molecule has 1 saturated carbocycles. The molecule has 2 atom stereocenters. The fraction of sp³-hybridized carbons (Fsp3) is 0.579. The molecule has 139 valence electrons. The van der Waals surface area contributed by atoms with E-state index in [0.29, 0.717) is 18.1 Å². The van der Waals surface area contributed by atoms with E-state index >= 15 is 0 Å². The van der Waals surface area contributed by atoms with Gasteiger partial charge in [-0.1, -0.05) is 30.5 Å². The van der Waals surface area contributed by atoms with E-state index in [1.54, 1.807) is 19.1 Å². The SMILES string of the molecule is CCOC(=O)COCC1CCCCC1[CH]S(=O)(=O)c1ccc(C)cc1. The molecule has 1 aromatic carbocycles. The summed E-state index contributed by atoms with van der Waals surface area (Å²) in [6, 6.07) is 6.91. The van der Waals surface area contributed by atoms with Crippen LogP contribution in [0, 0.1) is 24.5 Å². The number of hydrogen-bond acceptors (Lipinski definition) is 5. The summed E-state index contributed by atoms with van der Waals surface area (Å²) in [6.07, 6.45) is 3.81. The van der Waals surface area contributed by atoms with E-state index in [0.717, 1.165) is 31.2 Å². The first-order chi connectivity index (χ1) is 11.9. The largest absolute Gasteiger partial charge is 0.464 e. The third kappa shape index (κ3) is 6.12. The number of carbonyl (C=O) groups is 1. The molecule has 0 heterocycles. The van der Waals surface area contributed by atoms with Crippen molar-refractivity contribution in [3.05, 3.63) is 35.6 Å². The predicted octanol–water partition coefficient (Wildman–Crippen LogP) is 3.32. The summed E-state index contributed by atoms with van der Waals surface area (Å²) in [6.45, 7) is 4.31. The van der Waals surface area contributed by atoms with Crippen molar-refractivity contribution in [1.82, 2.24) is 0 Å². The average molecular weight is 367 g/mol. The number of rotatable bonds is 8. The third-order valence-corrected chi connectivity index (χ3v) is 6.17. The highest BCUT2D eigenvalue weighted by Crippen LogP contribution is 2.35. The number of sulfone groups is 1. The highest BCUT2D eigenvalue weighted by Gasteiger charge is 2.31. The van der Waals surface area contributed by atoms with Crippen molar-refractivity contribution in [1.29, 1.82) is 0 Å². The first-order valence-corrected chi connectivity index (χ1v) is 10.4. The Bertz CT molecular complexity index is 651. The minimum atomic E-state index is -3.43. The van der Waals surface area contributed by atoms with E-state index in [4.69, 9.17) is 9.47 Å². The van der Waals surface area contributed by atoms with Gasteiger partial charge < -0.3 is 9.47 Å². The van der Waals surface area contributed by atoms with Gasteiger partial charge in [-0.2, -0.15) is 0 Å².